The predicted octanol–water partition coefficient (Wildman–Crippen LogP) is 6.49. The van der Waals surface area contributed by atoms with Gasteiger partial charge in [-0.15, -0.1) is 0 Å². The lowest BCUT2D eigenvalue weighted by molar-refractivity contribution is -0.160. The monoisotopic (exact) mass is 587 g/mol. The van der Waals surface area contributed by atoms with Gasteiger partial charge in [-0.3, -0.25) is 0 Å². The molecule has 0 amide bonds. The lowest BCUT2D eigenvalue weighted by Crippen LogP contribution is -2.37. The van der Waals surface area contributed by atoms with Crippen LogP contribution in [-0.4, -0.2) is 72.6 Å². The van der Waals surface area contributed by atoms with Crippen LogP contribution in [0, 0.1) is 20.8 Å². The highest BCUT2D eigenvalue weighted by Crippen LogP contribution is 2.48. The zero-order valence-corrected chi connectivity index (χ0v) is 27.0. The highest BCUT2D eigenvalue weighted by Gasteiger charge is 2.36. The van der Waals surface area contributed by atoms with Crippen LogP contribution < -0.4 is 4.90 Å². The number of aliphatic carboxylic acids is 1. The quantitative estimate of drug-likeness (QED) is 0.175. The molecule has 0 bridgehead atoms. The highest BCUT2D eigenvalue weighted by molar-refractivity contribution is 6.13. The number of hydrogen-bond acceptors (Lipinski definition) is 5. The zero-order valence-electron chi connectivity index (χ0n) is 27.0. The fourth-order valence-corrected chi connectivity index (χ4v) is 5.61. The third-order valence-electron chi connectivity index (χ3n) is 7.55. The number of nitrogens with zero attached hydrogens (tertiary/aromatic N) is 5. The Morgan fingerprint density at radius 3 is 2.42 bits per heavy atom. The van der Waals surface area contributed by atoms with Crippen molar-refractivity contribution in [2.45, 2.75) is 66.7 Å². The van der Waals surface area contributed by atoms with Crippen molar-refractivity contribution in [3.8, 4) is 11.1 Å². The van der Waals surface area contributed by atoms with Gasteiger partial charge in [0.1, 0.15) is 12.4 Å². The first-order chi connectivity index (χ1) is 20.2. The predicted molar refractivity (Wildman–Crippen MR) is 175 cm³/mol. The Labute approximate surface area is 255 Å². The van der Waals surface area contributed by atoms with Crippen molar-refractivity contribution in [3.63, 3.8) is 0 Å². The molecule has 0 fully saturated rings. The largest absolute Gasteiger partial charge is 0.495 e. The molecule has 0 saturated carbocycles. The molecule has 0 radical (unpaired) electrons. The number of carboxylic acid groups (broad SMARTS) is 1. The van der Waals surface area contributed by atoms with E-state index in [0.29, 0.717) is 37.0 Å². The average Bonchev–Trinajstić information content (AvgIpc) is 3.26. The van der Waals surface area contributed by atoms with Gasteiger partial charge in [0, 0.05) is 36.3 Å². The SMILES string of the molecule is C=NC(=N/C=C(\C)OCCN(C)C)N1CCn2c(C)cc3c(-c4ccc(C)cc4)c([C@H](OC(C)(C)C)C(=O)O)c(C)c1c32. The van der Waals surface area contributed by atoms with E-state index < -0.39 is 17.7 Å². The summed E-state index contributed by atoms with van der Waals surface area (Å²) < 4.78 is 14.4. The number of carbonyl (C=O) groups is 1. The zero-order chi connectivity index (χ0) is 31.6. The van der Waals surface area contributed by atoms with E-state index in [1.165, 1.54) is 0 Å². The average molecular weight is 588 g/mol. The van der Waals surface area contributed by atoms with Crippen LogP contribution in [-0.2, 0) is 20.8 Å². The van der Waals surface area contributed by atoms with Crippen LogP contribution >= 0.6 is 0 Å². The molecule has 0 unspecified atom stereocenters. The van der Waals surface area contributed by atoms with E-state index in [1.54, 1.807) is 6.20 Å². The molecule has 1 aliphatic rings. The van der Waals surface area contributed by atoms with Gasteiger partial charge in [-0.2, -0.15) is 0 Å². The summed E-state index contributed by atoms with van der Waals surface area (Å²) >= 11 is 0. The van der Waals surface area contributed by atoms with Crippen molar-refractivity contribution in [2.75, 3.05) is 38.7 Å². The van der Waals surface area contributed by atoms with Gasteiger partial charge < -0.3 is 28.9 Å². The minimum Gasteiger partial charge on any atom is -0.495 e. The Morgan fingerprint density at radius 1 is 1.16 bits per heavy atom. The first-order valence-electron chi connectivity index (χ1n) is 14.6. The van der Waals surface area contributed by atoms with Gasteiger partial charge in [0.2, 0.25) is 5.96 Å². The van der Waals surface area contributed by atoms with Gasteiger partial charge >= 0.3 is 5.97 Å². The fraction of sp³-hybridized carbons (Fsp3) is 0.441. The second-order valence-corrected chi connectivity index (χ2v) is 12.4. The van der Waals surface area contributed by atoms with Crippen molar-refractivity contribution < 1.29 is 19.4 Å². The summed E-state index contributed by atoms with van der Waals surface area (Å²) in [6, 6.07) is 10.4. The van der Waals surface area contributed by atoms with Crippen LogP contribution in [0.4, 0.5) is 5.69 Å². The molecule has 9 nitrogen and oxygen atoms in total. The third-order valence-corrected chi connectivity index (χ3v) is 7.55. The van der Waals surface area contributed by atoms with E-state index in [4.69, 9.17) is 9.47 Å². The van der Waals surface area contributed by atoms with Crippen LogP contribution in [0.15, 0.2) is 52.3 Å². The standard InChI is InChI=1S/C34H45N5O4/c1-21-11-13-25(14-12-21)28-26-19-22(2)38-15-16-39(33(35-8)36-20-23(3)42-18-17-37(9)10)29(30(26)38)24(4)27(28)31(32(40)41)43-34(5,6)7/h11-14,19-20,31H,8,15-18H2,1-7,9-10H3,(H,40,41)/b23-20+,36-33?/t31-/m0/s1. The number of ether oxygens (including phenoxy) is 2. The smallest absolute Gasteiger partial charge is 0.337 e. The number of benzene rings is 2. The summed E-state index contributed by atoms with van der Waals surface area (Å²) in [6.45, 7) is 20.1. The molecular formula is C34H45N5O4. The summed E-state index contributed by atoms with van der Waals surface area (Å²) in [7, 11) is 3.99. The second-order valence-electron chi connectivity index (χ2n) is 12.4. The fourth-order valence-electron chi connectivity index (χ4n) is 5.61. The van der Waals surface area contributed by atoms with Crippen LogP contribution in [0.1, 0.15) is 56.2 Å². The normalized spacial score (nSPS) is 14.9. The number of anilines is 1. The van der Waals surface area contributed by atoms with Gasteiger partial charge in [-0.1, -0.05) is 29.8 Å². The molecule has 2 heterocycles. The Morgan fingerprint density at radius 2 is 1.84 bits per heavy atom. The minimum absolute atomic E-state index is 0.419. The van der Waals surface area contributed by atoms with Crippen molar-refractivity contribution >= 4 is 35.2 Å². The topological polar surface area (TPSA) is 91.9 Å². The molecule has 1 atom stereocenters. The van der Waals surface area contributed by atoms with Crippen molar-refractivity contribution in [3.05, 3.63) is 64.7 Å². The Balaban J connectivity index is 2.00. The van der Waals surface area contributed by atoms with Crippen LogP contribution in [0.25, 0.3) is 22.0 Å². The molecule has 0 spiro atoms. The number of rotatable bonds is 9. The van der Waals surface area contributed by atoms with Gasteiger partial charge in [-0.05, 0) is 92.0 Å². The van der Waals surface area contributed by atoms with Crippen LogP contribution in [0.3, 0.4) is 0 Å². The van der Waals surface area contributed by atoms with Crippen molar-refractivity contribution in [1.82, 2.24) is 9.47 Å². The number of likely N-dealkylation sites (N-methyl/N-ethyl adjacent to an activating group) is 1. The molecule has 3 aromatic rings. The molecule has 9 heteroatoms. The molecule has 1 aliphatic heterocycles. The van der Waals surface area contributed by atoms with Crippen LogP contribution in [0.5, 0.6) is 0 Å². The molecule has 0 aliphatic carbocycles. The van der Waals surface area contributed by atoms with Crippen molar-refractivity contribution in [2.24, 2.45) is 9.98 Å². The molecule has 4 rings (SSSR count). The molecule has 43 heavy (non-hydrogen) atoms. The number of allylic oxidation sites excluding steroid dienone is 1. The van der Waals surface area contributed by atoms with Gasteiger partial charge in [0.15, 0.2) is 6.10 Å². The van der Waals surface area contributed by atoms with Crippen LogP contribution in [0.2, 0.25) is 0 Å². The summed E-state index contributed by atoms with van der Waals surface area (Å²) in [5.41, 5.74) is 6.64. The molecular weight excluding hydrogens is 542 g/mol. The number of aromatic nitrogens is 1. The Kier molecular flexibility index (Phi) is 9.47. The first kappa shape index (κ1) is 32.0. The molecule has 1 N–H and O–H groups in total. The number of hydrogen-bond donors (Lipinski definition) is 1. The lowest BCUT2D eigenvalue weighted by atomic mass is 9.87. The number of aryl methyl sites for hydroxylation is 2. The van der Waals surface area contributed by atoms with E-state index in [9.17, 15) is 9.90 Å². The van der Waals surface area contributed by atoms with Crippen molar-refractivity contribution in [1.29, 1.82) is 0 Å². The lowest BCUT2D eigenvalue weighted by Gasteiger charge is -2.35. The van der Waals surface area contributed by atoms with E-state index in [2.05, 4.69) is 63.4 Å². The first-order valence-corrected chi connectivity index (χ1v) is 14.6. The molecule has 0 saturated heterocycles. The molecule has 2 aromatic carbocycles. The highest BCUT2D eigenvalue weighted by atomic mass is 16.5. The number of carboxylic acids is 1. The molecule has 230 valence electrons. The van der Waals surface area contributed by atoms with E-state index in [0.717, 1.165) is 51.1 Å². The summed E-state index contributed by atoms with van der Waals surface area (Å²) in [5.74, 6) is 0.0457. The molecule has 1 aromatic heterocycles. The van der Waals surface area contributed by atoms with E-state index >= 15 is 0 Å². The summed E-state index contributed by atoms with van der Waals surface area (Å²) in [4.78, 5) is 26.0. The Bertz CT molecular complexity index is 1580. The Hall–Kier alpha value is -3.95. The number of aliphatic imine (C=N–C) groups is 2. The minimum atomic E-state index is -1.20. The number of guanidine groups is 1. The second kappa shape index (κ2) is 12.7. The van der Waals surface area contributed by atoms with Gasteiger partial charge in [-0.25, -0.2) is 14.8 Å². The van der Waals surface area contributed by atoms with Gasteiger partial charge in [0.05, 0.1) is 23.0 Å². The summed E-state index contributed by atoms with van der Waals surface area (Å²) in [6.07, 6.45) is 0.462. The van der Waals surface area contributed by atoms with Gasteiger partial charge in [0.25, 0.3) is 0 Å². The maximum Gasteiger partial charge on any atom is 0.337 e. The third kappa shape index (κ3) is 6.84. The maximum atomic E-state index is 12.9. The maximum absolute atomic E-state index is 12.9. The summed E-state index contributed by atoms with van der Waals surface area (Å²) in [5, 5.41) is 11.6. The van der Waals surface area contributed by atoms with E-state index in [-0.39, 0.29) is 0 Å². The van der Waals surface area contributed by atoms with E-state index in [1.807, 2.05) is 60.5 Å².